The lowest BCUT2D eigenvalue weighted by Gasteiger charge is -2.23. The number of hydrogen-bond acceptors (Lipinski definition) is 4. The minimum absolute atomic E-state index is 0.473. The van der Waals surface area contributed by atoms with E-state index in [-0.39, 0.29) is 0 Å². The topological polar surface area (TPSA) is 49.2 Å². The fourth-order valence-electron chi connectivity index (χ4n) is 2.09. The highest BCUT2D eigenvalue weighted by atomic mass is 16.3. The zero-order valence-corrected chi connectivity index (χ0v) is 12.0. The lowest BCUT2D eigenvalue weighted by Crippen LogP contribution is -2.22. The first kappa shape index (κ1) is 14.5. The molecule has 0 bridgehead atoms. The molecular formula is C16H21N3O. The van der Waals surface area contributed by atoms with Gasteiger partial charge in [-0.15, -0.1) is 0 Å². The van der Waals surface area contributed by atoms with Gasteiger partial charge in [0.2, 0.25) is 0 Å². The molecule has 2 heterocycles. The van der Waals surface area contributed by atoms with Crippen molar-refractivity contribution in [1.82, 2.24) is 9.97 Å². The quantitative estimate of drug-likeness (QED) is 0.877. The number of aliphatic hydroxyl groups excluding tert-OH is 1. The van der Waals surface area contributed by atoms with E-state index in [9.17, 15) is 5.11 Å². The zero-order valence-electron chi connectivity index (χ0n) is 12.0. The molecule has 0 unspecified atom stereocenters. The summed E-state index contributed by atoms with van der Waals surface area (Å²) in [6, 6.07) is 7.96. The zero-order chi connectivity index (χ0) is 14.4. The van der Waals surface area contributed by atoms with Gasteiger partial charge in [-0.25, -0.2) is 0 Å². The van der Waals surface area contributed by atoms with E-state index < -0.39 is 6.10 Å². The SMILES string of the molecule is CC[C@@H](O)c1ccc(N(CC)Cc2ccncc2)cn1. The molecule has 2 aromatic rings. The van der Waals surface area contributed by atoms with E-state index in [1.807, 2.05) is 49.8 Å². The Morgan fingerprint density at radius 2 is 1.90 bits per heavy atom. The van der Waals surface area contributed by atoms with Crippen LogP contribution in [0.4, 0.5) is 5.69 Å². The van der Waals surface area contributed by atoms with E-state index in [4.69, 9.17) is 0 Å². The van der Waals surface area contributed by atoms with Gasteiger partial charge in [-0.2, -0.15) is 0 Å². The highest BCUT2D eigenvalue weighted by molar-refractivity contribution is 5.45. The number of hydrogen-bond donors (Lipinski definition) is 1. The first-order valence-electron chi connectivity index (χ1n) is 7.02. The Labute approximate surface area is 120 Å². The van der Waals surface area contributed by atoms with Crippen molar-refractivity contribution < 1.29 is 5.11 Å². The van der Waals surface area contributed by atoms with Crippen LogP contribution in [0.5, 0.6) is 0 Å². The molecular weight excluding hydrogens is 250 g/mol. The van der Waals surface area contributed by atoms with Crippen LogP contribution in [0.2, 0.25) is 0 Å². The normalized spacial score (nSPS) is 12.2. The molecule has 4 heteroatoms. The van der Waals surface area contributed by atoms with Gasteiger partial charge in [0, 0.05) is 25.5 Å². The molecule has 0 aromatic carbocycles. The maximum absolute atomic E-state index is 9.77. The summed E-state index contributed by atoms with van der Waals surface area (Å²) in [4.78, 5) is 10.6. The number of pyridine rings is 2. The maximum atomic E-state index is 9.77. The van der Waals surface area contributed by atoms with Gasteiger partial charge >= 0.3 is 0 Å². The largest absolute Gasteiger partial charge is 0.387 e. The van der Waals surface area contributed by atoms with Crippen molar-refractivity contribution in [2.75, 3.05) is 11.4 Å². The first-order valence-corrected chi connectivity index (χ1v) is 7.02. The van der Waals surface area contributed by atoms with Crippen LogP contribution in [0.25, 0.3) is 0 Å². The lowest BCUT2D eigenvalue weighted by molar-refractivity contribution is 0.169. The average molecular weight is 271 g/mol. The van der Waals surface area contributed by atoms with Crippen LogP contribution >= 0.6 is 0 Å². The van der Waals surface area contributed by atoms with E-state index in [1.54, 1.807) is 0 Å². The summed E-state index contributed by atoms with van der Waals surface area (Å²) < 4.78 is 0. The first-order chi connectivity index (χ1) is 9.74. The van der Waals surface area contributed by atoms with Crippen molar-refractivity contribution >= 4 is 5.69 Å². The molecule has 2 rings (SSSR count). The fourth-order valence-corrected chi connectivity index (χ4v) is 2.09. The average Bonchev–Trinajstić information content (AvgIpc) is 2.53. The molecule has 1 N–H and O–H groups in total. The summed E-state index contributed by atoms with van der Waals surface area (Å²) in [6.45, 7) is 5.80. The number of anilines is 1. The van der Waals surface area contributed by atoms with E-state index in [0.717, 1.165) is 24.5 Å². The molecule has 2 aromatic heterocycles. The number of aliphatic hydroxyl groups is 1. The van der Waals surface area contributed by atoms with Gasteiger partial charge in [0.15, 0.2) is 0 Å². The number of nitrogens with zero attached hydrogens (tertiary/aromatic N) is 3. The van der Waals surface area contributed by atoms with Gasteiger partial charge in [0.1, 0.15) is 0 Å². The molecule has 4 nitrogen and oxygen atoms in total. The second-order valence-corrected chi connectivity index (χ2v) is 4.73. The Balaban J connectivity index is 2.11. The molecule has 0 fully saturated rings. The fraction of sp³-hybridized carbons (Fsp3) is 0.375. The molecule has 0 saturated heterocycles. The predicted octanol–water partition coefficient (Wildman–Crippen LogP) is 2.95. The Hall–Kier alpha value is -1.94. The van der Waals surface area contributed by atoms with Crippen molar-refractivity contribution in [2.24, 2.45) is 0 Å². The number of aromatic nitrogens is 2. The third-order valence-corrected chi connectivity index (χ3v) is 3.37. The van der Waals surface area contributed by atoms with Crippen LogP contribution in [0.3, 0.4) is 0 Å². The summed E-state index contributed by atoms with van der Waals surface area (Å²) in [5.41, 5.74) is 3.02. The van der Waals surface area contributed by atoms with Crippen LogP contribution < -0.4 is 4.90 Å². The molecule has 0 spiro atoms. The standard InChI is InChI=1S/C16H21N3O/c1-3-16(20)15-6-5-14(11-18-15)19(4-2)12-13-7-9-17-10-8-13/h5-11,16,20H,3-4,12H2,1-2H3/t16-/m1/s1. The van der Waals surface area contributed by atoms with Crippen molar-refractivity contribution in [3.63, 3.8) is 0 Å². The van der Waals surface area contributed by atoms with Gasteiger partial charge in [-0.05, 0) is 43.2 Å². The van der Waals surface area contributed by atoms with Crippen LogP contribution in [0.15, 0.2) is 42.9 Å². The molecule has 20 heavy (non-hydrogen) atoms. The highest BCUT2D eigenvalue weighted by Gasteiger charge is 2.09. The van der Waals surface area contributed by atoms with Crippen molar-refractivity contribution in [3.05, 3.63) is 54.1 Å². The summed E-state index contributed by atoms with van der Waals surface area (Å²) >= 11 is 0. The second kappa shape index (κ2) is 7.01. The van der Waals surface area contributed by atoms with Crippen molar-refractivity contribution in [3.8, 4) is 0 Å². The van der Waals surface area contributed by atoms with Crippen LogP contribution in [-0.4, -0.2) is 21.6 Å². The third-order valence-electron chi connectivity index (χ3n) is 3.37. The maximum Gasteiger partial charge on any atom is 0.0957 e. The highest BCUT2D eigenvalue weighted by Crippen LogP contribution is 2.19. The number of rotatable bonds is 6. The smallest absolute Gasteiger partial charge is 0.0957 e. The molecule has 0 aliphatic rings. The molecule has 106 valence electrons. The van der Waals surface area contributed by atoms with Crippen LogP contribution in [-0.2, 0) is 6.54 Å². The summed E-state index contributed by atoms with van der Waals surface area (Å²) in [7, 11) is 0. The Kier molecular flexibility index (Phi) is 5.07. The Morgan fingerprint density at radius 3 is 2.45 bits per heavy atom. The van der Waals surface area contributed by atoms with Crippen LogP contribution in [0, 0.1) is 0 Å². The van der Waals surface area contributed by atoms with Crippen molar-refractivity contribution in [2.45, 2.75) is 32.9 Å². The summed E-state index contributed by atoms with van der Waals surface area (Å²) in [6.07, 6.45) is 5.66. The Morgan fingerprint density at radius 1 is 1.15 bits per heavy atom. The van der Waals surface area contributed by atoms with E-state index in [1.165, 1.54) is 5.56 Å². The second-order valence-electron chi connectivity index (χ2n) is 4.73. The van der Waals surface area contributed by atoms with Gasteiger partial charge in [0.25, 0.3) is 0 Å². The van der Waals surface area contributed by atoms with Gasteiger partial charge in [-0.1, -0.05) is 6.92 Å². The van der Waals surface area contributed by atoms with E-state index >= 15 is 0 Å². The van der Waals surface area contributed by atoms with Gasteiger partial charge in [-0.3, -0.25) is 9.97 Å². The summed E-state index contributed by atoms with van der Waals surface area (Å²) in [5, 5.41) is 9.77. The minimum atomic E-state index is -0.473. The molecule has 0 aliphatic carbocycles. The van der Waals surface area contributed by atoms with Crippen LogP contribution in [0.1, 0.15) is 37.6 Å². The molecule has 0 saturated carbocycles. The minimum Gasteiger partial charge on any atom is -0.387 e. The van der Waals surface area contributed by atoms with Crippen molar-refractivity contribution in [1.29, 1.82) is 0 Å². The summed E-state index contributed by atoms with van der Waals surface area (Å²) in [5.74, 6) is 0. The van der Waals surface area contributed by atoms with Gasteiger partial charge < -0.3 is 10.0 Å². The predicted molar refractivity (Wildman–Crippen MR) is 80.4 cm³/mol. The molecule has 0 aliphatic heterocycles. The molecule has 1 atom stereocenters. The molecule has 0 radical (unpaired) electrons. The monoisotopic (exact) mass is 271 g/mol. The molecule has 0 amide bonds. The van der Waals surface area contributed by atoms with E-state index in [0.29, 0.717) is 6.42 Å². The lowest BCUT2D eigenvalue weighted by atomic mass is 10.1. The third kappa shape index (κ3) is 3.54. The van der Waals surface area contributed by atoms with Gasteiger partial charge in [0.05, 0.1) is 23.7 Å². The Bertz CT molecular complexity index is 513. The van der Waals surface area contributed by atoms with E-state index in [2.05, 4.69) is 21.8 Å².